The van der Waals surface area contributed by atoms with Gasteiger partial charge in [-0.2, -0.15) is 0 Å². The highest BCUT2D eigenvalue weighted by Crippen LogP contribution is 2.08. The normalized spacial score (nSPS) is 20.5. The lowest BCUT2D eigenvalue weighted by Crippen LogP contribution is -2.40. The van der Waals surface area contributed by atoms with Gasteiger partial charge in [0, 0.05) is 0 Å². The fourth-order valence-electron chi connectivity index (χ4n) is 0.803. The molecule has 1 rings (SSSR count). The van der Waals surface area contributed by atoms with Crippen molar-refractivity contribution in [1.29, 1.82) is 0 Å². The highest BCUT2D eigenvalue weighted by molar-refractivity contribution is 5.73. The molecule has 0 unspecified atom stereocenters. The molecule has 1 fully saturated rings. The Balaban J connectivity index is 2.18. The molecular weight excluding hydrogens is 148 g/mol. The lowest BCUT2D eigenvalue weighted by Gasteiger charge is -2.27. The molecule has 4 nitrogen and oxygen atoms in total. The van der Waals surface area contributed by atoms with Crippen LogP contribution in [-0.2, 0) is 19.0 Å². The van der Waals surface area contributed by atoms with Gasteiger partial charge in [0.25, 0.3) is 0 Å². The van der Waals surface area contributed by atoms with Gasteiger partial charge in [0.1, 0.15) is 6.10 Å². The zero-order chi connectivity index (χ0) is 8.27. The van der Waals surface area contributed by atoms with Crippen LogP contribution in [0.5, 0.6) is 0 Å². The van der Waals surface area contributed by atoms with Gasteiger partial charge in [0.05, 0.1) is 20.3 Å². The van der Waals surface area contributed by atoms with Gasteiger partial charge in [0.2, 0.25) is 0 Å². The van der Waals surface area contributed by atoms with Crippen LogP contribution < -0.4 is 0 Å². The van der Waals surface area contributed by atoms with E-state index >= 15 is 0 Å². The van der Waals surface area contributed by atoms with Crippen molar-refractivity contribution >= 4 is 5.97 Å². The first-order valence-corrected chi connectivity index (χ1v) is 3.55. The number of methoxy groups -OCH3 is 1. The first-order valence-electron chi connectivity index (χ1n) is 3.55. The molecular formula is C7H12O4. The van der Waals surface area contributed by atoms with Crippen molar-refractivity contribution in [3.05, 3.63) is 0 Å². The average molecular weight is 160 g/mol. The van der Waals surface area contributed by atoms with Gasteiger partial charge in [0.15, 0.2) is 6.10 Å². The molecule has 1 aliphatic heterocycles. The Bertz CT molecular complexity index is 141. The van der Waals surface area contributed by atoms with Crippen molar-refractivity contribution in [3.8, 4) is 0 Å². The van der Waals surface area contributed by atoms with Crippen molar-refractivity contribution in [2.45, 2.75) is 19.1 Å². The van der Waals surface area contributed by atoms with Crippen LogP contribution in [0.1, 0.15) is 6.92 Å². The number of carbonyl (C=O) groups excluding carboxylic acids is 1. The summed E-state index contributed by atoms with van der Waals surface area (Å²) in [4.78, 5) is 10.8. The average Bonchev–Trinajstić information content (AvgIpc) is 1.94. The predicted molar refractivity (Wildman–Crippen MR) is 37.2 cm³/mol. The first-order chi connectivity index (χ1) is 5.24. The molecule has 0 bridgehead atoms. The van der Waals surface area contributed by atoms with E-state index in [0.717, 1.165) is 0 Å². The second kappa shape index (κ2) is 3.69. The molecule has 64 valence electrons. The highest BCUT2D eigenvalue weighted by atomic mass is 16.6. The van der Waals surface area contributed by atoms with Crippen molar-refractivity contribution in [2.24, 2.45) is 0 Å². The quantitative estimate of drug-likeness (QED) is 0.543. The minimum atomic E-state index is -0.478. The van der Waals surface area contributed by atoms with Gasteiger partial charge >= 0.3 is 5.97 Å². The summed E-state index contributed by atoms with van der Waals surface area (Å²) >= 11 is 0. The topological polar surface area (TPSA) is 44.8 Å². The Morgan fingerprint density at radius 2 is 2.27 bits per heavy atom. The lowest BCUT2D eigenvalue weighted by molar-refractivity contribution is -0.178. The third-order valence-corrected chi connectivity index (χ3v) is 1.54. The van der Waals surface area contributed by atoms with E-state index in [2.05, 4.69) is 4.74 Å². The predicted octanol–water partition coefficient (Wildman–Crippen LogP) is -0.0367. The Hall–Kier alpha value is -0.610. The summed E-state index contributed by atoms with van der Waals surface area (Å²) < 4.78 is 14.6. The molecule has 1 aliphatic rings. The molecule has 0 aliphatic carbocycles. The number of ether oxygens (including phenoxy) is 3. The standard InChI is InChI=1S/C7H12O4/c1-5(7(8)9-2)11-6-3-10-4-6/h5-6H,3-4H2,1-2H3/t5-/m1/s1. The summed E-state index contributed by atoms with van der Waals surface area (Å²) in [5.41, 5.74) is 0. The molecule has 4 heteroatoms. The molecule has 1 heterocycles. The van der Waals surface area contributed by atoms with Crippen LogP contribution in [0.25, 0.3) is 0 Å². The van der Waals surface area contributed by atoms with Gasteiger partial charge in [-0.1, -0.05) is 0 Å². The van der Waals surface area contributed by atoms with Gasteiger partial charge in [-0.25, -0.2) is 4.79 Å². The molecule has 0 aromatic rings. The second-order valence-corrected chi connectivity index (χ2v) is 2.46. The molecule has 0 aromatic carbocycles. The van der Waals surface area contributed by atoms with E-state index in [1.807, 2.05) is 0 Å². The van der Waals surface area contributed by atoms with Crippen LogP contribution in [0.15, 0.2) is 0 Å². The van der Waals surface area contributed by atoms with Crippen LogP contribution in [0, 0.1) is 0 Å². The largest absolute Gasteiger partial charge is 0.467 e. The maximum absolute atomic E-state index is 10.8. The zero-order valence-electron chi connectivity index (χ0n) is 6.70. The van der Waals surface area contributed by atoms with Crippen LogP contribution in [-0.4, -0.2) is 38.5 Å². The van der Waals surface area contributed by atoms with Gasteiger partial charge in [-0.3, -0.25) is 0 Å². The van der Waals surface area contributed by atoms with Crippen molar-refractivity contribution in [2.75, 3.05) is 20.3 Å². The summed E-state index contributed by atoms with van der Waals surface area (Å²) in [7, 11) is 1.35. The number of carbonyl (C=O) groups is 1. The number of rotatable bonds is 3. The fraction of sp³-hybridized carbons (Fsp3) is 0.857. The van der Waals surface area contributed by atoms with Gasteiger partial charge in [-0.05, 0) is 6.92 Å². The number of hydrogen-bond acceptors (Lipinski definition) is 4. The summed E-state index contributed by atoms with van der Waals surface area (Å²) in [6, 6.07) is 0. The maximum atomic E-state index is 10.8. The first kappa shape index (κ1) is 8.49. The van der Waals surface area contributed by atoms with Gasteiger partial charge in [-0.15, -0.1) is 0 Å². The van der Waals surface area contributed by atoms with Crippen LogP contribution >= 0.6 is 0 Å². The van der Waals surface area contributed by atoms with Crippen molar-refractivity contribution < 1.29 is 19.0 Å². The zero-order valence-corrected chi connectivity index (χ0v) is 6.70. The molecule has 0 radical (unpaired) electrons. The third-order valence-electron chi connectivity index (χ3n) is 1.54. The SMILES string of the molecule is COC(=O)[C@@H](C)OC1COC1. The molecule has 1 atom stereocenters. The van der Waals surface area contributed by atoms with Crippen molar-refractivity contribution in [3.63, 3.8) is 0 Å². The maximum Gasteiger partial charge on any atom is 0.334 e. The van der Waals surface area contributed by atoms with Crippen LogP contribution in [0.4, 0.5) is 0 Å². The Morgan fingerprint density at radius 3 is 2.64 bits per heavy atom. The lowest BCUT2D eigenvalue weighted by atomic mass is 10.3. The third kappa shape index (κ3) is 2.17. The van der Waals surface area contributed by atoms with E-state index in [0.29, 0.717) is 13.2 Å². The summed E-state index contributed by atoms with van der Waals surface area (Å²) in [5.74, 6) is -0.336. The van der Waals surface area contributed by atoms with Crippen molar-refractivity contribution in [1.82, 2.24) is 0 Å². The molecule has 1 saturated heterocycles. The van der Waals surface area contributed by atoms with E-state index in [1.54, 1.807) is 6.92 Å². The van der Waals surface area contributed by atoms with E-state index < -0.39 is 6.10 Å². The minimum absolute atomic E-state index is 0.0732. The number of esters is 1. The summed E-state index contributed by atoms with van der Waals surface area (Å²) in [6.07, 6.45) is -0.405. The van der Waals surface area contributed by atoms with E-state index in [4.69, 9.17) is 9.47 Å². The van der Waals surface area contributed by atoms with Gasteiger partial charge < -0.3 is 14.2 Å². The minimum Gasteiger partial charge on any atom is -0.467 e. The molecule has 0 amide bonds. The molecule has 11 heavy (non-hydrogen) atoms. The Kier molecular flexibility index (Phi) is 2.84. The monoisotopic (exact) mass is 160 g/mol. The molecule has 0 N–H and O–H groups in total. The Morgan fingerprint density at radius 1 is 1.64 bits per heavy atom. The molecule has 0 aromatic heterocycles. The van der Waals surface area contributed by atoms with Crippen LogP contribution in [0.2, 0.25) is 0 Å². The van der Waals surface area contributed by atoms with E-state index in [9.17, 15) is 4.79 Å². The fourth-order valence-corrected chi connectivity index (χ4v) is 0.803. The van der Waals surface area contributed by atoms with E-state index in [1.165, 1.54) is 7.11 Å². The summed E-state index contributed by atoms with van der Waals surface area (Å²) in [6.45, 7) is 2.84. The number of hydrogen-bond donors (Lipinski definition) is 0. The Labute approximate surface area is 65.4 Å². The summed E-state index contributed by atoms with van der Waals surface area (Å²) in [5, 5.41) is 0. The molecule has 0 spiro atoms. The second-order valence-electron chi connectivity index (χ2n) is 2.46. The van der Waals surface area contributed by atoms with Crippen LogP contribution in [0.3, 0.4) is 0 Å². The highest BCUT2D eigenvalue weighted by Gasteiger charge is 2.24. The van der Waals surface area contributed by atoms with E-state index in [-0.39, 0.29) is 12.1 Å². The smallest absolute Gasteiger partial charge is 0.334 e. The molecule has 0 saturated carbocycles.